The minimum atomic E-state index is 0. The van der Waals surface area contributed by atoms with Crippen LogP contribution in [0.4, 0.5) is 0 Å². The maximum absolute atomic E-state index is 4.15. The Morgan fingerprint density at radius 3 is 1.44 bits per heavy atom. The normalized spacial score (nSPS) is 8.44. The van der Waals surface area contributed by atoms with Crippen molar-refractivity contribution < 1.29 is 233 Å². The maximum atomic E-state index is 4.15. The van der Waals surface area contributed by atoms with Crippen LogP contribution in [0.5, 0.6) is 0 Å². The summed E-state index contributed by atoms with van der Waals surface area (Å²) in [6, 6.07) is 13.4. The molecule has 0 spiro atoms. The molecule has 0 unspecified atom stereocenters. The third-order valence-corrected chi connectivity index (χ3v) is 2.09. The molecule has 0 aliphatic carbocycles. The molecule has 1 aromatic carbocycles. The van der Waals surface area contributed by atoms with Gasteiger partial charge >= 0.3 is 233 Å². The molecule has 0 radical (unpaired) electrons. The smallest absolute Gasteiger partial charge is 0.537 e. The summed E-state index contributed by atoms with van der Waals surface area (Å²) in [4.78, 5) is 8.30. The van der Waals surface area contributed by atoms with Crippen LogP contribution in [0, 0.1) is 24.5 Å². The van der Waals surface area contributed by atoms with Crippen LogP contribution in [-0.2, 0) is 0 Å². The van der Waals surface area contributed by atoms with Crippen molar-refractivity contribution in [1.82, 2.24) is 9.97 Å². The van der Waals surface area contributed by atoms with E-state index in [0.29, 0.717) is 0 Å². The van der Waals surface area contributed by atoms with Crippen LogP contribution in [0.15, 0.2) is 24.3 Å². The summed E-state index contributed by atoms with van der Waals surface area (Å²) < 4.78 is 0. The van der Waals surface area contributed by atoms with Crippen molar-refractivity contribution >= 4 is 21.8 Å². The number of aromatic nitrogens is 2. The zero-order valence-corrected chi connectivity index (χ0v) is 30.9. The van der Waals surface area contributed by atoms with Gasteiger partial charge in [0.25, 0.3) is 0 Å². The van der Waals surface area contributed by atoms with Crippen molar-refractivity contribution in [3.8, 4) is 0 Å². The molecule has 0 bridgehead atoms. The van der Waals surface area contributed by atoms with Crippen LogP contribution in [0.2, 0.25) is 0 Å². The number of pyridine rings is 2. The first-order chi connectivity index (χ1) is 6.95. The number of nitrogens with zero attached hydrogens (tertiary/aromatic N) is 2. The van der Waals surface area contributed by atoms with Crippen LogP contribution in [0.3, 0.4) is 0 Å². The molecule has 6 heteroatoms. The van der Waals surface area contributed by atoms with Gasteiger partial charge in [0.05, 0.1) is 0 Å². The van der Waals surface area contributed by atoms with Crippen molar-refractivity contribution in [2.45, 2.75) is 0 Å². The summed E-state index contributed by atoms with van der Waals surface area (Å²) in [5.74, 6) is 0. The second-order valence-corrected chi connectivity index (χ2v) is 2.92. The second kappa shape index (κ2) is 13.5. The zero-order chi connectivity index (χ0) is 9.38. The molecule has 66 valence electrons. The molecule has 2 heterocycles. The summed E-state index contributed by atoms with van der Waals surface area (Å²) in [5, 5.41) is 1.88. The Morgan fingerprint density at radius 2 is 1.06 bits per heavy atom. The van der Waals surface area contributed by atoms with Crippen LogP contribution < -0.4 is 233 Å². The molecule has 0 aliphatic heterocycles. The molecule has 3 aromatic rings. The van der Waals surface area contributed by atoms with E-state index >= 15 is 0 Å². The Morgan fingerprint density at radius 1 is 0.667 bits per heavy atom. The molecule has 2 aromatic heterocycles. The Bertz CT molecular complexity index is 561. The number of benzene rings is 1. The van der Waals surface area contributed by atoms with Crippen LogP contribution in [0.1, 0.15) is 0 Å². The molecule has 0 saturated carbocycles. The molecule has 18 heavy (non-hydrogen) atoms. The minimum Gasteiger partial charge on any atom is -0.537 e. The van der Waals surface area contributed by atoms with Gasteiger partial charge in [-0.2, -0.15) is 12.3 Å². The number of rotatable bonds is 0. The molecule has 0 aliphatic rings. The Kier molecular flexibility index (Phi) is 19.2. The van der Waals surface area contributed by atoms with Crippen LogP contribution in [0.25, 0.3) is 21.8 Å². The zero-order valence-electron chi connectivity index (χ0n) is 11.2. The Balaban J connectivity index is 0. The van der Waals surface area contributed by atoms with Crippen molar-refractivity contribution in [2.24, 2.45) is 0 Å². The molecule has 0 N–H and O–H groups in total. The fourth-order valence-electron chi connectivity index (χ4n) is 1.45. The molecule has 0 amide bonds. The van der Waals surface area contributed by atoms with Gasteiger partial charge in [-0.05, 0) is 0 Å². The standard InChI is InChI=1S/C12H4N2.4Rb/c1-3-9-5-6-10-4-2-8-14-12(10)11(9)13-7-1;;;;/h1-2,5-6H;;;;/q-4;4*+1. The Hall–Kier alpha value is 5.26. The molecular formula is C12H4N2Rb4. The van der Waals surface area contributed by atoms with Crippen molar-refractivity contribution in [3.05, 3.63) is 48.8 Å². The van der Waals surface area contributed by atoms with Gasteiger partial charge in [0.15, 0.2) is 0 Å². The first kappa shape index (κ1) is 25.5. The summed E-state index contributed by atoms with van der Waals surface area (Å²) in [6.45, 7) is 0. The average molecular weight is 518 g/mol. The fraction of sp³-hybridized carbons (Fsp3) is 0. The molecule has 0 saturated heterocycles. The van der Waals surface area contributed by atoms with Crippen molar-refractivity contribution in [1.29, 1.82) is 0 Å². The molecule has 0 atom stereocenters. The largest absolute Gasteiger partial charge is 1.00 e. The summed E-state index contributed by atoms with van der Waals surface area (Å²) in [6.07, 6.45) is 5.51. The third kappa shape index (κ3) is 6.64. The topological polar surface area (TPSA) is 25.8 Å². The first-order valence-corrected chi connectivity index (χ1v) is 4.21. The average Bonchev–Trinajstić information content (AvgIpc) is 2.29. The predicted octanol–water partition coefficient (Wildman–Crippen LogP) is -10.0. The first-order valence-electron chi connectivity index (χ1n) is 4.21. The van der Waals surface area contributed by atoms with E-state index in [-0.39, 0.29) is 233 Å². The predicted molar refractivity (Wildman–Crippen MR) is 52.4 cm³/mol. The van der Waals surface area contributed by atoms with E-state index in [1.165, 1.54) is 0 Å². The van der Waals surface area contributed by atoms with E-state index in [0.717, 1.165) is 21.8 Å². The monoisotopic (exact) mass is 516 g/mol. The van der Waals surface area contributed by atoms with Gasteiger partial charge in [-0.25, -0.2) is 23.2 Å². The van der Waals surface area contributed by atoms with Crippen molar-refractivity contribution in [2.75, 3.05) is 0 Å². The van der Waals surface area contributed by atoms with Gasteiger partial charge in [-0.3, -0.25) is 29.1 Å². The number of hydrogen-bond acceptors (Lipinski definition) is 2. The summed E-state index contributed by atoms with van der Waals surface area (Å²) in [7, 11) is 0. The van der Waals surface area contributed by atoms with E-state index in [4.69, 9.17) is 0 Å². The number of fused-ring (bicyclic) bond motifs is 3. The quantitative estimate of drug-likeness (QED) is 0.219. The summed E-state index contributed by atoms with van der Waals surface area (Å²) >= 11 is 0. The molecule has 2 nitrogen and oxygen atoms in total. The molecule has 0 fully saturated rings. The van der Waals surface area contributed by atoms with Crippen molar-refractivity contribution in [3.63, 3.8) is 0 Å². The van der Waals surface area contributed by atoms with Gasteiger partial charge in [-0.1, -0.05) is 0 Å². The van der Waals surface area contributed by atoms with E-state index in [1.54, 1.807) is 12.1 Å². The molecular weight excluding hydrogens is 514 g/mol. The van der Waals surface area contributed by atoms with E-state index in [9.17, 15) is 0 Å². The van der Waals surface area contributed by atoms with Crippen LogP contribution in [-0.4, -0.2) is 9.97 Å². The Labute approximate surface area is 302 Å². The van der Waals surface area contributed by atoms with Gasteiger partial charge in [0, 0.05) is 0 Å². The maximum Gasteiger partial charge on any atom is 1.00 e. The second-order valence-electron chi connectivity index (χ2n) is 2.92. The molecule has 3 rings (SSSR count). The van der Waals surface area contributed by atoms with Gasteiger partial charge in [0.1, 0.15) is 0 Å². The fourth-order valence-corrected chi connectivity index (χ4v) is 1.45. The van der Waals surface area contributed by atoms with Gasteiger partial charge in [0.2, 0.25) is 0 Å². The minimum absolute atomic E-state index is 0. The third-order valence-electron chi connectivity index (χ3n) is 2.09. The summed E-state index contributed by atoms with van der Waals surface area (Å²) in [5.41, 5.74) is 1.61. The number of hydrogen-bond donors (Lipinski definition) is 0. The van der Waals surface area contributed by atoms with Gasteiger partial charge in [-0.15, -0.1) is 0 Å². The van der Waals surface area contributed by atoms with Crippen LogP contribution >= 0.6 is 0 Å². The van der Waals surface area contributed by atoms with Gasteiger partial charge < -0.3 is 16.0 Å². The SMILES string of the molecule is [Rb+].[Rb+].[Rb+].[Rb+].[c-]1c[c-]c2ccc3[c-]c[c-]nc3c2n1. The van der Waals surface area contributed by atoms with E-state index < -0.39 is 0 Å². The van der Waals surface area contributed by atoms with E-state index in [2.05, 4.69) is 34.5 Å². The van der Waals surface area contributed by atoms with E-state index in [1.807, 2.05) is 12.1 Å².